The van der Waals surface area contributed by atoms with Gasteiger partial charge < -0.3 is 5.32 Å². The molecule has 1 atom stereocenters. The van der Waals surface area contributed by atoms with Crippen LogP contribution < -0.4 is 5.32 Å². The number of carbonyl (C=O) groups excluding carboxylic acids is 1. The first-order chi connectivity index (χ1) is 10.1. The highest BCUT2D eigenvalue weighted by Crippen LogP contribution is 2.23. The van der Waals surface area contributed by atoms with Gasteiger partial charge in [-0.15, -0.1) is 11.3 Å². The van der Waals surface area contributed by atoms with Crippen molar-refractivity contribution in [2.75, 3.05) is 0 Å². The average molecular weight is 317 g/mol. The van der Waals surface area contributed by atoms with Crippen molar-refractivity contribution < 1.29 is 4.79 Å². The van der Waals surface area contributed by atoms with Crippen LogP contribution in [-0.2, 0) is 4.79 Å². The molecule has 106 valence electrons. The van der Waals surface area contributed by atoms with Gasteiger partial charge in [0.1, 0.15) is 11.6 Å². The summed E-state index contributed by atoms with van der Waals surface area (Å²) in [5.74, 6) is -0.390. The van der Waals surface area contributed by atoms with Crippen LogP contribution in [0.15, 0.2) is 48.0 Å². The number of carbonyl (C=O) groups is 1. The third-order valence-electron chi connectivity index (χ3n) is 2.89. The Morgan fingerprint density at radius 2 is 2.05 bits per heavy atom. The third kappa shape index (κ3) is 4.19. The number of thiophene rings is 1. The van der Waals surface area contributed by atoms with Crippen LogP contribution in [0.4, 0.5) is 0 Å². The van der Waals surface area contributed by atoms with Gasteiger partial charge in [0.2, 0.25) is 0 Å². The first-order valence-corrected chi connectivity index (χ1v) is 7.52. The predicted molar refractivity (Wildman–Crippen MR) is 85.9 cm³/mol. The molecule has 0 aliphatic carbocycles. The lowest BCUT2D eigenvalue weighted by Crippen LogP contribution is -2.27. The molecule has 2 aromatic rings. The van der Waals surface area contributed by atoms with E-state index in [4.69, 9.17) is 16.9 Å². The lowest BCUT2D eigenvalue weighted by Gasteiger charge is -2.13. The first-order valence-electron chi connectivity index (χ1n) is 6.33. The highest BCUT2D eigenvalue weighted by Gasteiger charge is 2.13. The van der Waals surface area contributed by atoms with E-state index in [-0.39, 0.29) is 11.6 Å². The van der Waals surface area contributed by atoms with Gasteiger partial charge in [-0.3, -0.25) is 4.79 Å². The van der Waals surface area contributed by atoms with Crippen molar-refractivity contribution in [3.05, 3.63) is 62.8 Å². The molecule has 0 radical (unpaired) electrons. The van der Waals surface area contributed by atoms with Crippen molar-refractivity contribution in [1.82, 2.24) is 5.32 Å². The standard InChI is InChI=1S/C16H13ClN2OS/c1-11(12-5-3-2-4-6-12)19-16(20)13(10-18)9-14-7-8-15(17)21-14/h2-9,11H,1H3,(H,19,20)/b13-9+. The van der Waals surface area contributed by atoms with Crippen molar-refractivity contribution in [1.29, 1.82) is 5.26 Å². The zero-order valence-corrected chi connectivity index (χ0v) is 12.9. The Labute approximate surface area is 132 Å². The van der Waals surface area contributed by atoms with Crippen LogP contribution >= 0.6 is 22.9 Å². The van der Waals surface area contributed by atoms with Crippen LogP contribution in [0, 0.1) is 11.3 Å². The molecule has 1 aromatic carbocycles. The van der Waals surface area contributed by atoms with Crippen LogP contribution in [0.5, 0.6) is 0 Å². The summed E-state index contributed by atoms with van der Waals surface area (Å²) in [6.07, 6.45) is 1.55. The van der Waals surface area contributed by atoms with Crippen molar-refractivity contribution in [3.63, 3.8) is 0 Å². The van der Waals surface area contributed by atoms with Gasteiger partial charge in [0, 0.05) is 4.88 Å². The fourth-order valence-corrected chi connectivity index (χ4v) is 2.80. The van der Waals surface area contributed by atoms with Gasteiger partial charge in [-0.2, -0.15) is 5.26 Å². The smallest absolute Gasteiger partial charge is 0.262 e. The fraction of sp³-hybridized carbons (Fsp3) is 0.125. The summed E-state index contributed by atoms with van der Waals surface area (Å²) in [5, 5.41) is 12.0. The van der Waals surface area contributed by atoms with E-state index in [1.807, 2.05) is 43.3 Å². The van der Waals surface area contributed by atoms with E-state index < -0.39 is 5.91 Å². The van der Waals surface area contributed by atoms with Gasteiger partial charge in [0.15, 0.2) is 0 Å². The number of nitrogens with one attached hydrogen (secondary N) is 1. The molecule has 2 rings (SSSR count). The Bertz CT molecular complexity index is 701. The third-order valence-corrected chi connectivity index (χ3v) is 4.07. The molecule has 0 saturated carbocycles. The number of nitrogens with zero attached hydrogens (tertiary/aromatic N) is 1. The van der Waals surface area contributed by atoms with Gasteiger partial charge >= 0.3 is 0 Å². The second-order valence-electron chi connectivity index (χ2n) is 4.42. The van der Waals surface area contributed by atoms with Crippen LogP contribution in [0.25, 0.3) is 6.08 Å². The van der Waals surface area contributed by atoms with Crippen molar-refractivity contribution in [2.24, 2.45) is 0 Å². The molecule has 0 fully saturated rings. The Hall–Kier alpha value is -2.09. The molecule has 1 aromatic heterocycles. The minimum atomic E-state index is -0.390. The summed E-state index contributed by atoms with van der Waals surface area (Å²) in [4.78, 5) is 12.9. The van der Waals surface area contributed by atoms with Gasteiger partial charge in [-0.1, -0.05) is 41.9 Å². The van der Waals surface area contributed by atoms with E-state index in [0.29, 0.717) is 4.34 Å². The summed E-state index contributed by atoms with van der Waals surface area (Å²) in [5.41, 5.74) is 1.05. The van der Waals surface area contributed by atoms with Crippen molar-refractivity contribution >= 4 is 34.9 Å². The highest BCUT2D eigenvalue weighted by atomic mass is 35.5. The molecule has 3 nitrogen and oxygen atoms in total. The first kappa shape index (κ1) is 15.3. The van der Waals surface area contributed by atoms with E-state index in [1.165, 1.54) is 11.3 Å². The zero-order valence-electron chi connectivity index (χ0n) is 11.3. The molecular weight excluding hydrogens is 304 g/mol. The second-order valence-corrected chi connectivity index (χ2v) is 6.16. The molecule has 1 unspecified atom stereocenters. The molecule has 0 saturated heterocycles. The molecule has 0 bridgehead atoms. The quantitative estimate of drug-likeness (QED) is 0.679. The van der Waals surface area contributed by atoms with Gasteiger partial charge in [-0.05, 0) is 30.7 Å². The van der Waals surface area contributed by atoms with Crippen LogP contribution in [0.2, 0.25) is 4.34 Å². The summed E-state index contributed by atoms with van der Waals surface area (Å²) in [7, 11) is 0. The number of benzene rings is 1. The molecule has 0 spiro atoms. The number of hydrogen-bond acceptors (Lipinski definition) is 3. The summed E-state index contributed by atoms with van der Waals surface area (Å²) < 4.78 is 0.622. The van der Waals surface area contributed by atoms with Crippen LogP contribution in [0.3, 0.4) is 0 Å². The van der Waals surface area contributed by atoms with E-state index in [9.17, 15) is 4.79 Å². The van der Waals surface area contributed by atoms with E-state index in [0.717, 1.165) is 10.4 Å². The summed E-state index contributed by atoms with van der Waals surface area (Å²) in [6.45, 7) is 1.88. The fourth-order valence-electron chi connectivity index (χ4n) is 1.80. The van der Waals surface area contributed by atoms with E-state index in [2.05, 4.69) is 5.32 Å². The molecule has 1 heterocycles. The Balaban J connectivity index is 2.11. The van der Waals surface area contributed by atoms with E-state index >= 15 is 0 Å². The summed E-state index contributed by atoms with van der Waals surface area (Å²) in [6, 6.07) is 14.9. The monoisotopic (exact) mass is 316 g/mol. The van der Waals surface area contributed by atoms with Crippen molar-refractivity contribution in [2.45, 2.75) is 13.0 Å². The normalized spacial score (nSPS) is 12.5. The van der Waals surface area contributed by atoms with Crippen LogP contribution in [-0.4, -0.2) is 5.91 Å². The second kappa shape index (κ2) is 7.07. The molecule has 1 amide bonds. The maximum atomic E-state index is 12.1. The average Bonchev–Trinajstić information content (AvgIpc) is 2.90. The minimum Gasteiger partial charge on any atom is -0.345 e. The number of rotatable bonds is 4. The Kier molecular flexibility index (Phi) is 5.15. The van der Waals surface area contributed by atoms with Crippen molar-refractivity contribution in [3.8, 4) is 6.07 Å². The molecule has 21 heavy (non-hydrogen) atoms. The zero-order chi connectivity index (χ0) is 15.2. The number of nitriles is 1. The largest absolute Gasteiger partial charge is 0.345 e. The van der Waals surface area contributed by atoms with Crippen LogP contribution in [0.1, 0.15) is 23.4 Å². The molecule has 0 aliphatic heterocycles. The maximum Gasteiger partial charge on any atom is 0.262 e. The predicted octanol–water partition coefficient (Wildman–Crippen LogP) is 4.19. The Morgan fingerprint density at radius 1 is 1.33 bits per heavy atom. The number of halogens is 1. The van der Waals surface area contributed by atoms with E-state index in [1.54, 1.807) is 18.2 Å². The lowest BCUT2D eigenvalue weighted by atomic mass is 10.1. The highest BCUT2D eigenvalue weighted by molar-refractivity contribution is 7.17. The molecule has 0 aliphatic rings. The van der Waals surface area contributed by atoms with Gasteiger partial charge in [-0.25, -0.2) is 0 Å². The molecule has 1 N–H and O–H groups in total. The Morgan fingerprint density at radius 3 is 2.62 bits per heavy atom. The summed E-state index contributed by atoms with van der Waals surface area (Å²) >= 11 is 7.16. The SMILES string of the molecule is CC(NC(=O)/C(C#N)=C/c1ccc(Cl)s1)c1ccccc1. The van der Waals surface area contributed by atoms with Gasteiger partial charge in [0.25, 0.3) is 5.91 Å². The van der Waals surface area contributed by atoms with Gasteiger partial charge in [0.05, 0.1) is 10.4 Å². The maximum absolute atomic E-state index is 12.1. The minimum absolute atomic E-state index is 0.0660. The lowest BCUT2D eigenvalue weighted by molar-refractivity contribution is -0.117. The number of hydrogen-bond donors (Lipinski definition) is 1. The number of amides is 1. The molecular formula is C16H13ClN2OS. The topological polar surface area (TPSA) is 52.9 Å². The molecule has 5 heteroatoms.